The fourth-order valence-electron chi connectivity index (χ4n) is 4.80. The molecule has 0 aliphatic heterocycles. The van der Waals surface area contributed by atoms with Gasteiger partial charge in [0, 0.05) is 12.5 Å². The largest absolute Gasteiger partial charge is 0.508 e. The van der Waals surface area contributed by atoms with Gasteiger partial charge in [0.15, 0.2) is 0 Å². The number of carbonyl (C=O) groups excluding carboxylic acids is 2. The lowest BCUT2D eigenvalue weighted by Gasteiger charge is -2.25. The average molecular weight is 472 g/mol. The van der Waals surface area contributed by atoms with Crippen LogP contribution in [0.3, 0.4) is 0 Å². The van der Waals surface area contributed by atoms with E-state index in [-0.39, 0.29) is 23.5 Å². The van der Waals surface area contributed by atoms with Gasteiger partial charge >= 0.3 is 0 Å². The minimum atomic E-state index is -0.645. The number of benzene rings is 3. The lowest BCUT2D eigenvalue weighted by atomic mass is 9.93. The summed E-state index contributed by atoms with van der Waals surface area (Å²) in [4.78, 5) is 27.5. The number of nitrogens with zero attached hydrogens (tertiary/aromatic N) is 1. The fourth-order valence-corrected chi connectivity index (χ4v) is 4.80. The van der Waals surface area contributed by atoms with Crippen LogP contribution in [-0.2, 0) is 16.0 Å². The van der Waals surface area contributed by atoms with Crippen LogP contribution < -0.4 is 10.6 Å². The van der Waals surface area contributed by atoms with Crippen molar-refractivity contribution in [1.82, 2.24) is 15.5 Å². The van der Waals surface area contributed by atoms with Crippen LogP contribution in [0.25, 0.3) is 11.1 Å². The highest BCUT2D eigenvalue weighted by Crippen LogP contribution is 2.45. The molecule has 182 valence electrons. The summed E-state index contributed by atoms with van der Waals surface area (Å²) in [7, 11) is 3.68. The minimum absolute atomic E-state index is 0.189. The number of phenolic OH excluding ortho intramolecular Hbond substituents is 1. The molecule has 0 heterocycles. The molecule has 0 fully saturated rings. The third-order valence-corrected chi connectivity index (χ3v) is 6.74. The number of aromatic hydroxyl groups is 1. The summed E-state index contributed by atoms with van der Waals surface area (Å²) in [6.45, 7) is 2.23. The van der Waals surface area contributed by atoms with Gasteiger partial charge in [0.1, 0.15) is 11.8 Å². The first-order valence-corrected chi connectivity index (χ1v) is 12.1. The number of fused-ring (bicyclic) bond motifs is 3. The number of phenols is 1. The molecule has 35 heavy (non-hydrogen) atoms. The van der Waals surface area contributed by atoms with Crippen molar-refractivity contribution in [2.75, 3.05) is 20.6 Å². The van der Waals surface area contributed by atoms with Crippen molar-refractivity contribution in [1.29, 1.82) is 0 Å². The Morgan fingerprint density at radius 3 is 2.03 bits per heavy atom. The first kappa shape index (κ1) is 24.5. The summed E-state index contributed by atoms with van der Waals surface area (Å²) < 4.78 is 0. The molecule has 4 rings (SSSR count). The van der Waals surface area contributed by atoms with Gasteiger partial charge in [-0.3, -0.25) is 14.5 Å². The van der Waals surface area contributed by atoms with E-state index in [1.807, 2.05) is 19.0 Å². The Morgan fingerprint density at radius 1 is 0.886 bits per heavy atom. The summed E-state index contributed by atoms with van der Waals surface area (Å²) in [6.07, 6.45) is 1.27. The zero-order valence-corrected chi connectivity index (χ0v) is 20.5. The van der Waals surface area contributed by atoms with Gasteiger partial charge in [0.2, 0.25) is 11.8 Å². The van der Waals surface area contributed by atoms with Crippen molar-refractivity contribution in [2.24, 2.45) is 0 Å². The Labute approximate surface area is 207 Å². The van der Waals surface area contributed by atoms with E-state index in [1.54, 1.807) is 31.2 Å². The molecule has 2 amide bonds. The van der Waals surface area contributed by atoms with E-state index in [4.69, 9.17) is 0 Å². The van der Waals surface area contributed by atoms with Crippen LogP contribution in [0, 0.1) is 0 Å². The van der Waals surface area contributed by atoms with Crippen LogP contribution >= 0.6 is 0 Å². The van der Waals surface area contributed by atoms with Crippen LogP contribution in [0.2, 0.25) is 0 Å². The normalized spacial score (nSPS) is 14.2. The predicted molar refractivity (Wildman–Crippen MR) is 138 cm³/mol. The molecule has 1 aliphatic rings. The molecule has 6 nitrogen and oxygen atoms in total. The van der Waals surface area contributed by atoms with Crippen LogP contribution in [0.4, 0.5) is 0 Å². The minimum Gasteiger partial charge on any atom is -0.508 e. The molecular formula is C29H33N3O3. The SMILES string of the molecule is C[C@@H](NC(=O)[C@H](Cc1ccc(O)cc1)N(C)C)C(=O)NCCC1c2ccccc2-c2ccccc21. The molecule has 0 unspecified atom stereocenters. The van der Waals surface area contributed by atoms with E-state index in [9.17, 15) is 14.7 Å². The molecule has 0 aromatic heterocycles. The molecule has 0 radical (unpaired) electrons. The monoisotopic (exact) mass is 471 g/mol. The Morgan fingerprint density at radius 2 is 1.46 bits per heavy atom. The molecule has 0 saturated carbocycles. The molecule has 3 N–H and O–H groups in total. The van der Waals surface area contributed by atoms with Crippen molar-refractivity contribution in [3.63, 3.8) is 0 Å². The van der Waals surface area contributed by atoms with Gasteiger partial charge in [-0.1, -0.05) is 60.7 Å². The number of nitrogens with one attached hydrogen (secondary N) is 2. The van der Waals surface area contributed by atoms with E-state index >= 15 is 0 Å². The van der Waals surface area contributed by atoms with Gasteiger partial charge in [0.25, 0.3) is 0 Å². The van der Waals surface area contributed by atoms with Gasteiger partial charge in [-0.05, 0) is 73.8 Å². The number of rotatable bonds is 9. The number of likely N-dealkylation sites (N-methyl/N-ethyl adjacent to an activating group) is 1. The van der Waals surface area contributed by atoms with Crippen molar-refractivity contribution in [3.05, 3.63) is 89.5 Å². The Hall–Kier alpha value is -3.64. The molecule has 1 aliphatic carbocycles. The van der Waals surface area contributed by atoms with Crippen molar-refractivity contribution >= 4 is 11.8 Å². The van der Waals surface area contributed by atoms with Crippen LogP contribution in [0.15, 0.2) is 72.8 Å². The molecule has 0 spiro atoms. The maximum Gasteiger partial charge on any atom is 0.242 e. The Balaban J connectivity index is 1.32. The smallest absolute Gasteiger partial charge is 0.242 e. The second-order valence-electron chi connectivity index (χ2n) is 9.39. The summed E-state index contributed by atoms with van der Waals surface area (Å²) in [6, 6.07) is 22.6. The first-order valence-electron chi connectivity index (χ1n) is 12.1. The highest BCUT2D eigenvalue weighted by molar-refractivity contribution is 5.89. The second-order valence-corrected chi connectivity index (χ2v) is 9.39. The highest BCUT2D eigenvalue weighted by Gasteiger charge is 2.28. The quantitative estimate of drug-likeness (QED) is 0.445. The van der Waals surface area contributed by atoms with Crippen molar-refractivity contribution in [3.8, 4) is 16.9 Å². The number of amides is 2. The zero-order valence-electron chi connectivity index (χ0n) is 20.5. The molecule has 3 aromatic carbocycles. The summed E-state index contributed by atoms with van der Waals surface area (Å²) in [5.41, 5.74) is 6.07. The van der Waals surface area contributed by atoms with E-state index in [2.05, 4.69) is 59.2 Å². The van der Waals surface area contributed by atoms with E-state index < -0.39 is 12.1 Å². The maximum absolute atomic E-state index is 12.9. The van der Waals surface area contributed by atoms with Crippen LogP contribution in [0.5, 0.6) is 5.75 Å². The standard InChI is InChI=1S/C29H33N3O3/c1-19(31-29(35)27(32(2)3)18-20-12-14-21(33)15-13-20)28(34)30-17-16-26-24-10-6-4-8-22(24)23-9-5-7-11-25(23)26/h4-15,19,26-27,33H,16-18H2,1-3H3,(H,30,34)(H,31,35)/t19-,27+/m1/s1. The van der Waals surface area contributed by atoms with Gasteiger partial charge in [0.05, 0.1) is 6.04 Å². The lowest BCUT2D eigenvalue weighted by Crippen LogP contribution is -2.52. The fraction of sp³-hybridized carbons (Fsp3) is 0.310. The third kappa shape index (κ3) is 5.54. The molecule has 0 bridgehead atoms. The molecule has 3 aromatic rings. The van der Waals surface area contributed by atoms with Crippen molar-refractivity contribution in [2.45, 2.75) is 37.8 Å². The highest BCUT2D eigenvalue weighted by atomic mass is 16.3. The maximum atomic E-state index is 12.9. The van der Waals surface area contributed by atoms with Gasteiger partial charge in [-0.25, -0.2) is 0 Å². The van der Waals surface area contributed by atoms with E-state index in [1.165, 1.54) is 22.3 Å². The van der Waals surface area contributed by atoms with E-state index in [0.717, 1.165) is 12.0 Å². The summed E-state index contributed by atoms with van der Waals surface area (Å²) in [5.74, 6) is 0.0370. The number of carbonyl (C=O) groups is 2. The van der Waals surface area contributed by atoms with Gasteiger partial charge < -0.3 is 15.7 Å². The van der Waals surface area contributed by atoms with Gasteiger partial charge in [-0.2, -0.15) is 0 Å². The lowest BCUT2D eigenvalue weighted by molar-refractivity contribution is -0.131. The average Bonchev–Trinajstić information content (AvgIpc) is 3.17. The van der Waals surface area contributed by atoms with Gasteiger partial charge in [-0.15, -0.1) is 0 Å². The molecule has 6 heteroatoms. The van der Waals surface area contributed by atoms with E-state index in [0.29, 0.717) is 13.0 Å². The molecular weight excluding hydrogens is 438 g/mol. The summed E-state index contributed by atoms with van der Waals surface area (Å²) in [5, 5.41) is 15.4. The first-order chi connectivity index (χ1) is 16.8. The Bertz CT molecular complexity index is 1140. The Kier molecular flexibility index (Phi) is 7.51. The second kappa shape index (κ2) is 10.7. The number of hydrogen-bond donors (Lipinski definition) is 3. The van der Waals surface area contributed by atoms with Crippen molar-refractivity contribution < 1.29 is 14.7 Å². The predicted octanol–water partition coefficient (Wildman–Crippen LogP) is 3.69. The molecule has 2 atom stereocenters. The third-order valence-electron chi connectivity index (χ3n) is 6.74. The number of hydrogen-bond acceptors (Lipinski definition) is 4. The zero-order chi connectivity index (χ0) is 24.9. The molecule has 0 saturated heterocycles. The van der Waals surface area contributed by atoms with Crippen LogP contribution in [0.1, 0.15) is 36.0 Å². The summed E-state index contributed by atoms with van der Waals surface area (Å²) >= 11 is 0. The van der Waals surface area contributed by atoms with Crippen LogP contribution in [-0.4, -0.2) is 54.5 Å². The topological polar surface area (TPSA) is 81.7 Å².